The van der Waals surface area contributed by atoms with Crippen LogP contribution in [-0.4, -0.2) is 5.78 Å². The van der Waals surface area contributed by atoms with Crippen molar-refractivity contribution < 1.29 is 4.79 Å². The molecule has 1 aromatic carbocycles. The monoisotopic (exact) mass is 292 g/mol. The molecule has 0 aromatic heterocycles. The zero-order chi connectivity index (χ0) is 15.8. The van der Waals surface area contributed by atoms with Gasteiger partial charge in [-0.15, -0.1) is 0 Å². The van der Waals surface area contributed by atoms with E-state index in [0.29, 0.717) is 0 Å². The second-order valence-corrected chi connectivity index (χ2v) is 5.79. The van der Waals surface area contributed by atoms with E-state index in [2.05, 4.69) is 42.5 Å². The summed E-state index contributed by atoms with van der Waals surface area (Å²) >= 11 is 0. The standard InChI is InChI=1S/C21H24O/c1-17-15-20(16-18(2)21(17)22)14-8-5-3-4-7-11-19-12-9-6-10-13-19/h6-7,9-16H,3-5,8H2,1-2H3/b11-7+. The molecule has 1 heteroatoms. The minimum absolute atomic E-state index is 0.170. The van der Waals surface area contributed by atoms with Gasteiger partial charge in [-0.3, -0.25) is 4.79 Å². The molecular weight excluding hydrogens is 268 g/mol. The third-order valence-corrected chi connectivity index (χ3v) is 3.80. The lowest BCUT2D eigenvalue weighted by Crippen LogP contribution is -2.05. The second-order valence-electron chi connectivity index (χ2n) is 5.79. The Morgan fingerprint density at radius 1 is 0.909 bits per heavy atom. The van der Waals surface area contributed by atoms with Crippen molar-refractivity contribution in [2.45, 2.75) is 39.5 Å². The molecule has 1 aromatic rings. The molecule has 0 fully saturated rings. The highest BCUT2D eigenvalue weighted by Crippen LogP contribution is 2.19. The average Bonchev–Trinajstić information content (AvgIpc) is 2.52. The number of rotatable bonds is 6. The predicted octanol–water partition coefficient (Wildman–Crippen LogP) is 5.66. The smallest absolute Gasteiger partial charge is 0.184 e. The first-order valence-electron chi connectivity index (χ1n) is 8.00. The maximum atomic E-state index is 11.7. The van der Waals surface area contributed by atoms with E-state index in [1.165, 1.54) is 24.0 Å². The lowest BCUT2D eigenvalue weighted by molar-refractivity contribution is -0.112. The highest BCUT2D eigenvalue weighted by atomic mass is 16.1. The molecule has 0 radical (unpaired) electrons. The molecule has 22 heavy (non-hydrogen) atoms. The van der Waals surface area contributed by atoms with Gasteiger partial charge in [0, 0.05) is 0 Å². The van der Waals surface area contributed by atoms with Crippen molar-refractivity contribution in [3.05, 3.63) is 76.9 Å². The Hall–Kier alpha value is -2.15. The van der Waals surface area contributed by atoms with Crippen LogP contribution >= 0.6 is 0 Å². The van der Waals surface area contributed by atoms with Gasteiger partial charge >= 0.3 is 0 Å². The van der Waals surface area contributed by atoms with Crippen molar-refractivity contribution in [3.63, 3.8) is 0 Å². The van der Waals surface area contributed by atoms with Gasteiger partial charge in [0.05, 0.1) is 0 Å². The molecule has 0 bridgehead atoms. The van der Waals surface area contributed by atoms with E-state index in [4.69, 9.17) is 0 Å². The summed E-state index contributed by atoms with van der Waals surface area (Å²) in [6, 6.07) is 10.4. The van der Waals surface area contributed by atoms with Crippen molar-refractivity contribution in [1.29, 1.82) is 0 Å². The fourth-order valence-electron chi connectivity index (χ4n) is 2.56. The molecule has 0 unspecified atom stereocenters. The van der Waals surface area contributed by atoms with Crippen LogP contribution in [0, 0.1) is 0 Å². The Labute approximate surface area is 133 Å². The number of Topliss-reactive ketones (excluding diaryl/α,β-unsaturated/α-hetero) is 1. The van der Waals surface area contributed by atoms with Crippen LogP contribution in [-0.2, 0) is 4.79 Å². The second kappa shape index (κ2) is 8.33. The van der Waals surface area contributed by atoms with Gasteiger partial charge in [-0.25, -0.2) is 0 Å². The zero-order valence-electron chi connectivity index (χ0n) is 13.5. The molecule has 0 N–H and O–H groups in total. The fourth-order valence-corrected chi connectivity index (χ4v) is 2.56. The maximum absolute atomic E-state index is 11.7. The normalized spacial score (nSPS) is 15.0. The Balaban J connectivity index is 1.70. The van der Waals surface area contributed by atoms with Crippen LogP contribution in [0.1, 0.15) is 45.1 Å². The van der Waals surface area contributed by atoms with E-state index in [-0.39, 0.29) is 5.78 Å². The summed E-state index contributed by atoms with van der Waals surface area (Å²) < 4.78 is 0. The Kier molecular flexibility index (Phi) is 6.14. The van der Waals surface area contributed by atoms with E-state index >= 15 is 0 Å². The van der Waals surface area contributed by atoms with E-state index < -0.39 is 0 Å². The summed E-state index contributed by atoms with van der Waals surface area (Å²) in [5.41, 5.74) is 4.13. The van der Waals surface area contributed by atoms with Crippen LogP contribution in [0.3, 0.4) is 0 Å². The van der Waals surface area contributed by atoms with Gasteiger partial charge in [-0.2, -0.15) is 0 Å². The van der Waals surface area contributed by atoms with Crippen molar-refractivity contribution in [2.75, 3.05) is 0 Å². The van der Waals surface area contributed by atoms with E-state index in [0.717, 1.165) is 24.0 Å². The number of benzene rings is 1. The van der Waals surface area contributed by atoms with Crippen LogP contribution < -0.4 is 0 Å². The molecule has 0 atom stereocenters. The van der Waals surface area contributed by atoms with Crippen LogP contribution in [0.5, 0.6) is 0 Å². The summed E-state index contributed by atoms with van der Waals surface area (Å²) in [5, 5.41) is 0. The lowest BCUT2D eigenvalue weighted by Gasteiger charge is -2.09. The summed E-state index contributed by atoms with van der Waals surface area (Å²) in [7, 11) is 0. The van der Waals surface area contributed by atoms with Crippen LogP contribution in [0.15, 0.2) is 71.4 Å². The molecule has 0 heterocycles. The number of carbonyl (C=O) groups excluding carboxylic acids is 1. The topological polar surface area (TPSA) is 17.1 Å². The van der Waals surface area contributed by atoms with Gasteiger partial charge in [0.1, 0.15) is 0 Å². The van der Waals surface area contributed by atoms with Gasteiger partial charge in [0.15, 0.2) is 5.78 Å². The van der Waals surface area contributed by atoms with Gasteiger partial charge in [0.2, 0.25) is 0 Å². The van der Waals surface area contributed by atoms with Crippen molar-refractivity contribution in [3.8, 4) is 0 Å². The number of unbranched alkanes of at least 4 members (excludes halogenated alkanes) is 3. The van der Waals surface area contributed by atoms with Gasteiger partial charge < -0.3 is 0 Å². The first-order valence-corrected chi connectivity index (χ1v) is 8.00. The summed E-state index contributed by atoms with van der Waals surface area (Å²) in [5.74, 6) is 0.170. The summed E-state index contributed by atoms with van der Waals surface area (Å²) in [6.07, 6.45) is 15.2. The Morgan fingerprint density at radius 2 is 1.55 bits per heavy atom. The fraction of sp³-hybridized carbons (Fsp3) is 0.286. The van der Waals surface area contributed by atoms with E-state index in [9.17, 15) is 4.79 Å². The molecule has 0 saturated heterocycles. The van der Waals surface area contributed by atoms with Crippen molar-refractivity contribution in [2.24, 2.45) is 0 Å². The molecule has 114 valence electrons. The quantitative estimate of drug-likeness (QED) is 0.618. The largest absolute Gasteiger partial charge is 0.289 e. The summed E-state index contributed by atoms with van der Waals surface area (Å²) in [4.78, 5) is 11.7. The third-order valence-electron chi connectivity index (χ3n) is 3.80. The molecule has 0 aliphatic heterocycles. The third kappa shape index (κ3) is 5.00. The van der Waals surface area contributed by atoms with Gasteiger partial charge in [-0.05, 0) is 74.0 Å². The summed E-state index contributed by atoms with van der Waals surface area (Å²) in [6.45, 7) is 3.78. The highest BCUT2D eigenvalue weighted by Gasteiger charge is 2.11. The van der Waals surface area contributed by atoms with Crippen molar-refractivity contribution >= 4 is 11.9 Å². The molecule has 1 aliphatic rings. The molecule has 1 nitrogen and oxygen atoms in total. The van der Waals surface area contributed by atoms with Crippen molar-refractivity contribution in [1.82, 2.24) is 0 Å². The molecule has 0 saturated carbocycles. The first-order chi connectivity index (χ1) is 10.7. The minimum atomic E-state index is 0.170. The molecule has 2 rings (SSSR count). The first kappa shape index (κ1) is 16.2. The Morgan fingerprint density at radius 3 is 2.23 bits per heavy atom. The van der Waals surface area contributed by atoms with Crippen LogP contribution in [0.25, 0.3) is 6.08 Å². The average molecular weight is 292 g/mol. The number of hydrogen-bond acceptors (Lipinski definition) is 1. The van der Waals surface area contributed by atoms with Gasteiger partial charge in [-0.1, -0.05) is 48.6 Å². The van der Waals surface area contributed by atoms with E-state index in [1.807, 2.05) is 32.1 Å². The van der Waals surface area contributed by atoms with Gasteiger partial charge in [0.25, 0.3) is 0 Å². The number of ketones is 1. The maximum Gasteiger partial charge on any atom is 0.184 e. The van der Waals surface area contributed by atoms with Crippen LogP contribution in [0.2, 0.25) is 0 Å². The molecule has 0 amide bonds. The molecular formula is C21H24O. The van der Waals surface area contributed by atoms with E-state index in [1.54, 1.807) is 0 Å². The lowest BCUT2D eigenvalue weighted by atomic mass is 9.95. The molecule has 0 spiro atoms. The zero-order valence-corrected chi connectivity index (χ0v) is 13.5. The number of allylic oxidation sites excluding steroid dienone is 7. The predicted molar refractivity (Wildman–Crippen MR) is 94.5 cm³/mol. The minimum Gasteiger partial charge on any atom is -0.289 e. The number of carbonyl (C=O) groups is 1. The highest BCUT2D eigenvalue weighted by molar-refractivity contribution is 6.09. The number of hydrogen-bond donors (Lipinski definition) is 0. The SMILES string of the molecule is CC1=CC(=CCCCC/C=C/c2ccccc2)C=C(C)C1=O. The Bertz CT molecular complexity index is 603. The molecule has 1 aliphatic carbocycles. The van der Waals surface area contributed by atoms with Crippen LogP contribution in [0.4, 0.5) is 0 Å².